The van der Waals surface area contributed by atoms with E-state index in [1.54, 1.807) is 0 Å². The molecule has 0 unspecified atom stereocenters. The van der Waals surface area contributed by atoms with Gasteiger partial charge in [0.05, 0.1) is 0 Å². The Bertz CT molecular complexity index is 883. The topological polar surface area (TPSA) is 42.2 Å². The maximum atomic E-state index is 5.96. The molecule has 1 fully saturated rings. The van der Waals surface area contributed by atoms with Crippen molar-refractivity contribution in [2.75, 3.05) is 13.1 Å². The summed E-state index contributed by atoms with van der Waals surface area (Å²) in [6.45, 7) is 6.70. The molecule has 28 heavy (non-hydrogen) atoms. The number of nitrogens with zero attached hydrogens (tertiary/aromatic N) is 3. The van der Waals surface area contributed by atoms with E-state index >= 15 is 0 Å². The summed E-state index contributed by atoms with van der Waals surface area (Å²) in [7, 11) is 0. The minimum absolute atomic E-state index is 0. The Kier molecular flexibility index (Phi) is 6.76. The van der Waals surface area contributed by atoms with Gasteiger partial charge in [-0.15, -0.1) is 12.4 Å². The van der Waals surface area contributed by atoms with Gasteiger partial charge in [0, 0.05) is 22.5 Å². The molecule has 0 saturated carbocycles. The van der Waals surface area contributed by atoms with E-state index in [9.17, 15) is 0 Å². The molecule has 0 aliphatic carbocycles. The standard InChI is InChI=1S/C22H24ClN3O.ClH/c1-15(2)26-13-11-18(12-14-26)21-24-22(27-25-21)19-5-3-16(4-6-19)17-7-9-20(23)10-8-17;/h3-10,15,18H,11-14H2,1-2H3;1H. The van der Waals surface area contributed by atoms with Crippen LogP contribution in [-0.4, -0.2) is 34.2 Å². The van der Waals surface area contributed by atoms with Gasteiger partial charge in [-0.05, 0) is 75.2 Å². The van der Waals surface area contributed by atoms with Gasteiger partial charge in [0.2, 0.25) is 0 Å². The van der Waals surface area contributed by atoms with Crippen molar-refractivity contribution in [1.82, 2.24) is 15.0 Å². The lowest BCUT2D eigenvalue weighted by atomic mass is 9.95. The number of likely N-dealkylation sites (tertiary alicyclic amines) is 1. The molecule has 2 heterocycles. The summed E-state index contributed by atoms with van der Waals surface area (Å²) in [5, 5.41) is 5.00. The van der Waals surface area contributed by atoms with E-state index in [2.05, 4.69) is 41.0 Å². The number of piperidine rings is 1. The molecule has 2 aromatic carbocycles. The van der Waals surface area contributed by atoms with Crippen LogP contribution in [0.2, 0.25) is 5.02 Å². The Morgan fingerprint density at radius 1 is 0.929 bits per heavy atom. The lowest BCUT2D eigenvalue weighted by molar-refractivity contribution is 0.168. The van der Waals surface area contributed by atoms with Crippen LogP contribution in [0.1, 0.15) is 38.4 Å². The summed E-state index contributed by atoms with van der Waals surface area (Å²) in [5.74, 6) is 1.83. The number of aromatic nitrogens is 2. The maximum Gasteiger partial charge on any atom is 0.257 e. The van der Waals surface area contributed by atoms with Crippen molar-refractivity contribution in [2.24, 2.45) is 0 Å². The maximum absolute atomic E-state index is 5.96. The van der Waals surface area contributed by atoms with Gasteiger partial charge < -0.3 is 9.42 Å². The number of halogens is 2. The quantitative estimate of drug-likeness (QED) is 0.516. The van der Waals surface area contributed by atoms with Gasteiger partial charge in [-0.2, -0.15) is 4.98 Å². The van der Waals surface area contributed by atoms with Crippen molar-refractivity contribution in [2.45, 2.75) is 38.6 Å². The molecule has 0 atom stereocenters. The number of hydrogen-bond acceptors (Lipinski definition) is 4. The third kappa shape index (κ3) is 4.57. The molecule has 6 heteroatoms. The molecule has 1 aliphatic heterocycles. The molecule has 4 nitrogen and oxygen atoms in total. The van der Waals surface area contributed by atoms with E-state index in [0.717, 1.165) is 53.5 Å². The molecular weight excluding hydrogens is 393 g/mol. The van der Waals surface area contributed by atoms with Crippen molar-refractivity contribution >= 4 is 24.0 Å². The van der Waals surface area contributed by atoms with Crippen molar-refractivity contribution < 1.29 is 4.52 Å². The fourth-order valence-electron chi connectivity index (χ4n) is 3.64. The smallest absolute Gasteiger partial charge is 0.257 e. The van der Waals surface area contributed by atoms with Crippen molar-refractivity contribution in [1.29, 1.82) is 0 Å². The van der Waals surface area contributed by atoms with Gasteiger partial charge >= 0.3 is 0 Å². The molecule has 3 aromatic rings. The average molecular weight is 418 g/mol. The first-order valence-electron chi connectivity index (χ1n) is 9.54. The van der Waals surface area contributed by atoms with E-state index in [1.165, 1.54) is 0 Å². The minimum atomic E-state index is 0. The molecule has 0 amide bonds. The Morgan fingerprint density at radius 3 is 2.04 bits per heavy atom. The number of hydrogen-bond donors (Lipinski definition) is 0. The molecule has 0 radical (unpaired) electrons. The Hall–Kier alpha value is -1.88. The molecule has 1 saturated heterocycles. The molecule has 0 N–H and O–H groups in total. The summed E-state index contributed by atoms with van der Waals surface area (Å²) < 4.78 is 5.55. The monoisotopic (exact) mass is 417 g/mol. The van der Waals surface area contributed by atoms with Gasteiger partial charge in [-0.1, -0.05) is 41.0 Å². The average Bonchev–Trinajstić information content (AvgIpc) is 3.19. The van der Waals surface area contributed by atoms with Crippen LogP contribution in [0, 0.1) is 0 Å². The van der Waals surface area contributed by atoms with E-state index in [-0.39, 0.29) is 12.4 Å². The highest BCUT2D eigenvalue weighted by Crippen LogP contribution is 2.30. The Balaban J connectivity index is 0.00000225. The van der Waals surface area contributed by atoms with Gasteiger partial charge in [0.1, 0.15) is 0 Å². The summed E-state index contributed by atoms with van der Waals surface area (Å²) in [5.41, 5.74) is 3.22. The number of benzene rings is 2. The predicted molar refractivity (Wildman–Crippen MR) is 116 cm³/mol. The zero-order chi connectivity index (χ0) is 18.8. The van der Waals surface area contributed by atoms with Crippen molar-refractivity contribution in [3.63, 3.8) is 0 Å². The second kappa shape index (κ2) is 9.08. The Labute approximate surface area is 177 Å². The van der Waals surface area contributed by atoms with Crippen LogP contribution < -0.4 is 0 Å². The van der Waals surface area contributed by atoms with Crippen LogP contribution in [0.15, 0.2) is 53.1 Å². The van der Waals surface area contributed by atoms with Crippen LogP contribution >= 0.6 is 24.0 Å². The third-order valence-corrected chi connectivity index (χ3v) is 5.63. The zero-order valence-electron chi connectivity index (χ0n) is 16.1. The first-order chi connectivity index (χ1) is 13.1. The summed E-state index contributed by atoms with van der Waals surface area (Å²) in [4.78, 5) is 7.18. The minimum Gasteiger partial charge on any atom is -0.334 e. The lowest BCUT2D eigenvalue weighted by Crippen LogP contribution is -2.38. The van der Waals surface area contributed by atoms with Crippen molar-refractivity contribution in [3.05, 3.63) is 59.4 Å². The molecular formula is C22H25Cl2N3O. The Morgan fingerprint density at radius 2 is 1.46 bits per heavy atom. The summed E-state index contributed by atoms with van der Waals surface area (Å²) in [6.07, 6.45) is 2.18. The van der Waals surface area contributed by atoms with Crippen LogP contribution in [0.25, 0.3) is 22.6 Å². The third-order valence-electron chi connectivity index (χ3n) is 5.38. The number of rotatable bonds is 4. The van der Waals surface area contributed by atoms with E-state index in [1.807, 2.05) is 36.4 Å². The van der Waals surface area contributed by atoms with Gasteiger partial charge in [0.25, 0.3) is 5.89 Å². The van der Waals surface area contributed by atoms with E-state index in [4.69, 9.17) is 16.1 Å². The van der Waals surface area contributed by atoms with Crippen LogP contribution in [0.5, 0.6) is 0 Å². The lowest BCUT2D eigenvalue weighted by Gasteiger charge is -2.33. The molecule has 1 aromatic heterocycles. The highest BCUT2D eigenvalue weighted by Gasteiger charge is 2.25. The van der Waals surface area contributed by atoms with Crippen LogP contribution in [0.4, 0.5) is 0 Å². The summed E-state index contributed by atoms with van der Waals surface area (Å²) >= 11 is 5.96. The van der Waals surface area contributed by atoms with Gasteiger partial charge in [-0.3, -0.25) is 0 Å². The molecule has 1 aliphatic rings. The van der Waals surface area contributed by atoms with Gasteiger partial charge in [-0.25, -0.2) is 0 Å². The molecule has 0 spiro atoms. The zero-order valence-corrected chi connectivity index (χ0v) is 17.7. The van der Waals surface area contributed by atoms with E-state index < -0.39 is 0 Å². The van der Waals surface area contributed by atoms with Crippen molar-refractivity contribution in [3.8, 4) is 22.6 Å². The first kappa shape index (κ1) is 20.8. The van der Waals surface area contributed by atoms with Crippen LogP contribution in [-0.2, 0) is 0 Å². The van der Waals surface area contributed by atoms with E-state index in [0.29, 0.717) is 17.9 Å². The first-order valence-corrected chi connectivity index (χ1v) is 9.92. The fourth-order valence-corrected chi connectivity index (χ4v) is 3.77. The van der Waals surface area contributed by atoms with Gasteiger partial charge in [0.15, 0.2) is 5.82 Å². The largest absolute Gasteiger partial charge is 0.334 e. The second-order valence-corrected chi connectivity index (χ2v) is 7.88. The highest BCUT2D eigenvalue weighted by atomic mass is 35.5. The normalized spacial score (nSPS) is 15.6. The molecule has 4 rings (SSSR count). The molecule has 148 valence electrons. The second-order valence-electron chi connectivity index (χ2n) is 7.45. The summed E-state index contributed by atoms with van der Waals surface area (Å²) in [6, 6.07) is 16.7. The van der Waals surface area contributed by atoms with Crippen LogP contribution in [0.3, 0.4) is 0 Å². The SMILES string of the molecule is CC(C)N1CCC(c2noc(-c3ccc(-c4ccc(Cl)cc4)cc3)n2)CC1.Cl. The highest BCUT2D eigenvalue weighted by molar-refractivity contribution is 6.30. The fraction of sp³-hybridized carbons (Fsp3) is 0.364. The molecule has 0 bridgehead atoms. The predicted octanol–water partition coefficient (Wildman–Crippen LogP) is 6.07.